The Hall–Kier alpha value is -2.66. The van der Waals surface area contributed by atoms with Crippen LogP contribution in [-0.2, 0) is 0 Å². The second-order valence-corrected chi connectivity index (χ2v) is 6.31. The molecule has 0 aliphatic rings. The summed E-state index contributed by atoms with van der Waals surface area (Å²) in [6.07, 6.45) is 1.60. The molecule has 2 aromatic carbocycles. The lowest BCUT2D eigenvalue weighted by atomic mass is 10.1. The number of nitrogens with zero attached hydrogens (tertiary/aromatic N) is 3. The highest BCUT2D eigenvalue weighted by molar-refractivity contribution is 7.20. The fourth-order valence-electron chi connectivity index (χ4n) is 2.61. The quantitative estimate of drug-likeness (QED) is 0.560. The number of hydrogen-bond donors (Lipinski definition) is 0. The zero-order valence-corrected chi connectivity index (χ0v) is 13.7. The molecule has 4 nitrogen and oxygen atoms in total. The van der Waals surface area contributed by atoms with Gasteiger partial charge >= 0.3 is 0 Å². The number of rotatable bonds is 3. The van der Waals surface area contributed by atoms with Gasteiger partial charge in [-0.15, -0.1) is 0 Å². The van der Waals surface area contributed by atoms with Crippen LogP contribution in [0.25, 0.3) is 26.7 Å². The van der Waals surface area contributed by atoms with E-state index in [-0.39, 0.29) is 0 Å². The van der Waals surface area contributed by atoms with E-state index in [0.29, 0.717) is 0 Å². The van der Waals surface area contributed by atoms with E-state index in [2.05, 4.69) is 47.3 Å². The summed E-state index contributed by atoms with van der Waals surface area (Å²) in [5.41, 5.74) is 4.54. The number of hydrogen-bond acceptors (Lipinski definition) is 4. The third kappa shape index (κ3) is 2.39. The van der Waals surface area contributed by atoms with Gasteiger partial charge in [-0.1, -0.05) is 53.3 Å². The molecule has 5 heteroatoms. The molecule has 0 aliphatic carbocycles. The van der Waals surface area contributed by atoms with Gasteiger partial charge in [-0.3, -0.25) is 0 Å². The van der Waals surface area contributed by atoms with Crippen molar-refractivity contribution >= 4 is 16.3 Å². The fourth-order valence-corrected chi connectivity index (χ4v) is 3.67. The molecule has 0 saturated heterocycles. The second-order valence-electron chi connectivity index (χ2n) is 5.33. The first-order valence-corrected chi connectivity index (χ1v) is 8.12. The Morgan fingerprint density at radius 3 is 2.65 bits per heavy atom. The summed E-state index contributed by atoms with van der Waals surface area (Å²) in [6.45, 7) is 2.09. The van der Waals surface area contributed by atoms with Gasteiger partial charge in [0.15, 0.2) is 0 Å². The van der Waals surface area contributed by atoms with Gasteiger partial charge in [0.2, 0.25) is 4.96 Å². The summed E-state index contributed by atoms with van der Waals surface area (Å²) in [4.78, 5) is 6.38. The van der Waals surface area contributed by atoms with Gasteiger partial charge in [-0.25, -0.2) is 9.50 Å². The number of thiazole rings is 1. The maximum atomic E-state index is 5.36. The van der Waals surface area contributed by atoms with Crippen molar-refractivity contribution in [2.45, 2.75) is 6.92 Å². The molecule has 0 amide bonds. The molecule has 0 N–H and O–H groups in total. The number of fused-ring (bicyclic) bond motifs is 1. The van der Waals surface area contributed by atoms with Crippen LogP contribution in [0.2, 0.25) is 0 Å². The summed E-state index contributed by atoms with van der Waals surface area (Å²) in [7, 11) is 1.68. The van der Waals surface area contributed by atoms with Gasteiger partial charge in [-0.2, -0.15) is 5.10 Å². The molecule has 0 radical (unpaired) electrons. The van der Waals surface area contributed by atoms with Crippen molar-refractivity contribution in [1.29, 1.82) is 0 Å². The van der Waals surface area contributed by atoms with Crippen molar-refractivity contribution in [2.24, 2.45) is 0 Å². The van der Waals surface area contributed by atoms with Crippen molar-refractivity contribution in [1.82, 2.24) is 14.6 Å². The third-order valence-corrected chi connectivity index (χ3v) is 4.89. The monoisotopic (exact) mass is 321 g/mol. The molecule has 0 bridgehead atoms. The van der Waals surface area contributed by atoms with Crippen LogP contribution < -0.4 is 4.74 Å². The number of aryl methyl sites for hydroxylation is 1. The average Bonchev–Trinajstić information content (AvgIpc) is 3.17. The molecule has 0 aliphatic heterocycles. The van der Waals surface area contributed by atoms with Crippen LogP contribution in [0.3, 0.4) is 0 Å². The Morgan fingerprint density at radius 2 is 1.87 bits per heavy atom. The summed E-state index contributed by atoms with van der Waals surface area (Å²) in [5.74, 6) is 0.844. The third-order valence-electron chi connectivity index (χ3n) is 3.79. The van der Waals surface area contributed by atoms with Crippen LogP contribution >= 0.6 is 11.3 Å². The maximum Gasteiger partial charge on any atom is 0.213 e. The van der Waals surface area contributed by atoms with Crippen LogP contribution in [0.15, 0.2) is 54.9 Å². The van der Waals surface area contributed by atoms with Crippen molar-refractivity contribution in [2.75, 3.05) is 7.11 Å². The molecular weight excluding hydrogens is 306 g/mol. The largest absolute Gasteiger partial charge is 0.497 e. The Morgan fingerprint density at radius 1 is 1.04 bits per heavy atom. The maximum absolute atomic E-state index is 5.36. The van der Waals surface area contributed by atoms with E-state index in [1.165, 1.54) is 5.56 Å². The highest BCUT2D eigenvalue weighted by atomic mass is 32.1. The van der Waals surface area contributed by atoms with E-state index in [1.54, 1.807) is 24.8 Å². The fraction of sp³-hybridized carbons (Fsp3) is 0.111. The first-order valence-electron chi connectivity index (χ1n) is 7.30. The molecule has 0 fully saturated rings. The number of ether oxygens (including phenoxy) is 1. The van der Waals surface area contributed by atoms with E-state index in [0.717, 1.165) is 32.4 Å². The van der Waals surface area contributed by atoms with Crippen molar-refractivity contribution in [3.63, 3.8) is 0 Å². The minimum absolute atomic E-state index is 0.844. The predicted molar refractivity (Wildman–Crippen MR) is 93.0 cm³/mol. The highest BCUT2D eigenvalue weighted by Gasteiger charge is 2.17. The lowest BCUT2D eigenvalue weighted by molar-refractivity contribution is 0.415. The first-order chi connectivity index (χ1) is 11.3. The minimum Gasteiger partial charge on any atom is -0.497 e. The van der Waals surface area contributed by atoms with Gasteiger partial charge in [0, 0.05) is 5.56 Å². The molecular formula is C18H15N3OS. The SMILES string of the molecule is COc1cccc(-c2sc3ncnn3c2-c2ccc(C)cc2)c1. The highest BCUT2D eigenvalue weighted by Crippen LogP contribution is 2.39. The first kappa shape index (κ1) is 14.0. The van der Waals surface area contributed by atoms with Crippen molar-refractivity contribution in [3.8, 4) is 27.4 Å². The second kappa shape index (κ2) is 5.52. The predicted octanol–water partition coefficient (Wildman–Crippen LogP) is 4.44. The molecule has 0 spiro atoms. The zero-order chi connectivity index (χ0) is 15.8. The number of aromatic nitrogens is 3. The Kier molecular flexibility index (Phi) is 3.35. The van der Waals surface area contributed by atoms with Gasteiger partial charge in [0.1, 0.15) is 12.1 Å². The molecule has 114 valence electrons. The van der Waals surface area contributed by atoms with E-state index in [9.17, 15) is 0 Å². The van der Waals surface area contributed by atoms with Gasteiger partial charge in [0.25, 0.3) is 0 Å². The molecule has 0 atom stereocenters. The number of methoxy groups -OCH3 is 1. The van der Waals surface area contributed by atoms with Crippen molar-refractivity contribution < 1.29 is 4.74 Å². The van der Waals surface area contributed by atoms with Gasteiger partial charge < -0.3 is 4.74 Å². The topological polar surface area (TPSA) is 39.4 Å². The van der Waals surface area contributed by atoms with E-state index < -0.39 is 0 Å². The smallest absolute Gasteiger partial charge is 0.213 e. The lowest BCUT2D eigenvalue weighted by Gasteiger charge is -2.07. The normalized spacial score (nSPS) is 11.0. The van der Waals surface area contributed by atoms with Crippen LogP contribution in [0, 0.1) is 6.92 Å². The molecule has 2 heterocycles. The van der Waals surface area contributed by atoms with E-state index in [1.807, 2.05) is 22.7 Å². The Balaban J connectivity index is 1.97. The molecule has 0 unspecified atom stereocenters. The van der Waals surface area contributed by atoms with Crippen LogP contribution in [0.1, 0.15) is 5.56 Å². The van der Waals surface area contributed by atoms with Gasteiger partial charge in [-0.05, 0) is 24.6 Å². The minimum atomic E-state index is 0.844. The van der Waals surface area contributed by atoms with E-state index in [4.69, 9.17) is 4.74 Å². The van der Waals surface area contributed by atoms with Crippen LogP contribution in [-0.4, -0.2) is 21.7 Å². The van der Waals surface area contributed by atoms with Crippen LogP contribution in [0.5, 0.6) is 5.75 Å². The van der Waals surface area contributed by atoms with Crippen molar-refractivity contribution in [3.05, 3.63) is 60.4 Å². The molecule has 4 rings (SSSR count). The molecule has 23 heavy (non-hydrogen) atoms. The summed E-state index contributed by atoms with van der Waals surface area (Å²) in [6, 6.07) is 16.6. The average molecular weight is 321 g/mol. The summed E-state index contributed by atoms with van der Waals surface area (Å²) in [5, 5.41) is 4.39. The molecule has 0 saturated carbocycles. The summed E-state index contributed by atoms with van der Waals surface area (Å²) >= 11 is 1.64. The Labute approximate surface area is 138 Å². The molecule has 2 aromatic heterocycles. The van der Waals surface area contributed by atoms with E-state index >= 15 is 0 Å². The lowest BCUT2D eigenvalue weighted by Crippen LogP contribution is -1.91. The molecule has 4 aromatic rings. The Bertz CT molecular complexity index is 970. The standard InChI is InChI=1S/C18H15N3OS/c1-12-6-8-13(9-7-12)16-17(23-18-19-11-20-21(16)18)14-4-3-5-15(10-14)22-2/h3-11H,1-2H3. The van der Waals surface area contributed by atoms with Crippen LogP contribution in [0.4, 0.5) is 0 Å². The van der Waals surface area contributed by atoms with Gasteiger partial charge in [0.05, 0.1) is 17.7 Å². The zero-order valence-electron chi connectivity index (χ0n) is 12.9. The number of benzene rings is 2. The summed E-state index contributed by atoms with van der Waals surface area (Å²) < 4.78 is 7.27.